The minimum absolute atomic E-state index is 0.0446. The van der Waals surface area contributed by atoms with Crippen LogP contribution in [0.2, 0.25) is 0 Å². The van der Waals surface area contributed by atoms with Crippen molar-refractivity contribution in [3.05, 3.63) is 26.7 Å². The fraction of sp³-hybridized carbons (Fsp3) is 0.636. The zero-order valence-electron chi connectivity index (χ0n) is 16.5. The van der Waals surface area contributed by atoms with E-state index in [0.29, 0.717) is 5.92 Å². The van der Waals surface area contributed by atoms with E-state index in [-0.39, 0.29) is 10.8 Å². The molecule has 136 valence electrons. The summed E-state index contributed by atoms with van der Waals surface area (Å²) in [6.07, 6.45) is 6.13. The summed E-state index contributed by atoms with van der Waals surface area (Å²) >= 11 is 3.94. The molecule has 1 saturated carbocycles. The molecule has 1 aromatic carbocycles. The number of hydrogen-bond acceptors (Lipinski definition) is 2. The third-order valence-corrected chi connectivity index (χ3v) is 7.19. The quantitative estimate of drug-likeness (QED) is 0.504. The van der Waals surface area contributed by atoms with Gasteiger partial charge in [-0.05, 0) is 45.7 Å². The lowest BCUT2D eigenvalue weighted by Gasteiger charge is -2.44. The topological polar surface area (TPSA) is 18.5 Å². The molecule has 0 amide bonds. The van der Waals surface area contributed by atoms with Crippen LogP contribution in [-0.2, 0) is 5.41 Å². The standard InChI is InChI=1S/C22H29BrO2/c1-12(2)15-17(23)13-11-14-20(3,4)9-8-10-22(14,7)16(13)19-18(15)24-21(5,6)25-19/h11-12H,8-10H2,1-7H3/t22-/m0/s1. The number of hydrogen-bond donors (Lipinski definition) is 0. The lowest BCUT2D eigenvalue weighted by Crippen LogP contribution is -2.36. The zero-order valence-corrected chi connectivity index (χ0v) is 18.1. The number of fused-ring (bicyclic) bond motifs is 5. The first-order valence-corrected chi connectivity index (χ1v) is 10.3. The molecule has 3 aliphatic rings. The number of benzene rings is 1. The molecule has 25 heavy (non-hydrogen) atoms. The molecule has 0 radical (unpaired) electrons. The monoisotopic (exact) mass is 404 g/mol. The van der Waals surface area contributed by atoms with Gasteiger partial charge in [0, 0.05) is 34.9 Å². The summed E-state index contributed by atoms with van der Waals surface area (Å²) in [5, 5.41) is 0. The third kappa shape index (κ3) is 2.27. The van der Waals surface area contributed by atoms with Crippen LogP contribution in [0.3, 0.4) is 0 Å². The van der Waals surface area contributed by atoms with Crippen LogP contribution in [0.15, 0.2) is 10.0 Å². The molecular weight excluding hydrogens is 376 g/mol. The predicted molar refractivity (Wildman–Crippen MR) is 107 cm³/mol. The number of ether oxygens (including phenoxy) is 2. The van der Waals surface area contributed by atoms with Gasteiger partial charge >= 0.3 is 0 Å². The Bertz CT molecular complexity index is 801. The Labute approximate surface area is 160 Å². The van der Waals surface area contributed by atoms with Crippen molar-refractivity contribution in [1.29, 1.82) is 0 Å². The van der Waals surface area contributed by atoms with E-state index in [1.54, 1.807) is 5.57 Å². The number of allylic oxidation sites excluding steroid dienone is 1. The van der Waals surface area contributed by atoms with E-state index in [1.165, 1.54) is 40.4 Å². The van der Waals surface area contributed by atoms with E-state index >= 15 is 0 Å². The fourth-order valence-corrected chi connectivity index (χ4v) is 6.23. The molecule has 4 rings (SSSR count). The fourth-order valence-electron chi connectivity index (χ4n) is 5.28. The van der Waals surface area contributed by atoms with Gasteiger partial charge in [-0.15, -0.1) is 0 Å². The highest BCUT2D eigenvalue weighted by atomic mass is 79.9. The number of rotatable bonds is 1. The van der Waals surface area contributed by atoms with Crippen molar-refractivity contribution in [3.63, 3.8) is 0 Å². The van der Waals surface area contributed by atoms with E-state index in [0.717, 1.165) is 11.5 Å². The van der Waals surface area contributed by atoms with Crippen LogP contribution in [0, 0.1) is 5.41 Å². The zero-order chi connectivity index (χ0) is 18.4. The Morgan fingerprint density at radius 3 is 2.28 bits per heavy atom. The van der Waals surface area contributed by atoms with Gasteiger partial charge in [-0.3, -0.25) is 0 Å². The van der Waals surface area contributed by atoms with Crippen molar-refractivity contribution in [2.45, 2.75) is 84.8 Å². The van der Waals surface area contributed by atoms with Crippen LogP contribution in [0.4, 0.5) is 0 Å². The summed E-state index contributed by atoms with van der Waals surface area (Å²) in [7, 11) is 0. The molecule has 1 heterocycles. The maximum atomic E-state index is 6.39. The summed E-state index contributed by atoms with van der Waals surface area (Å²) in [6.45, 7) is 15.6. The van der Waals surface area contributed by atoms with E-state index in [9.17, 15) is 0 Å². The highest BCUT2D eigenvalue weighted by Crippen LogP contribution is 2.64. The molecule has 0 saturated heterocycles. The van der Waals surface area contributed by atoms with Crippen molar-refractivity contribution in [3.8, 4) is 11.5 Å². The normalized spacial score (nSPS) is 28.0. The van der Waals surface area contributed by atoms with Gasteiger partial charge < -0.3 is 9.47 Å². The second-order valence-corrected chi connectivity index (χ2v) is 10.4. The number of halogens is 1. The van der Waals surface area contributed by atoms with Crippen LogP contribution in [-0.4, -0.2) is 5.79 Å². The van der Waals surface area contributed by atoms with Gasteiger partial charge in [-0.1, -0.05) is 52.7 Å². The molecule has 0 unspecified atom stereocenters. The van der Waals surface area contributed by atoms with Crippen molar-refractivity contribution in [1.82, 2.24) is 0 Å². The van der Waals surface area contributed by atoms with Gasteiger partial charge in [0.1, 0.15) is 0 Å². The second-order valence-electron chi connectivity index (χ2n) is 9.56. The van der Waals surface area contributed by atoms with Crippen LogP contribution in [0.1, 0.15) is 90.3 Å². The predicted octanol–water partition coefficient (Wildman–Crippen LogP) is 6.94. The molecule has 0 bridgehead atoms. The molecule has 2 nitrogen and oxygen atoms in total. The highest BCUT2D eigenvalue weighted by molar-refractivity contribution is 9.10. The van der Waals surface area contributed by atoms with Gasteiger partial charge in [-0.2, -0.15) is 0 Å². The SMILES string of the molecule is CC(C)c1c(Br)c2c(c3c1OC(C)(C)O3)[C@@]1(C)CCCC(C)(C)C1=C2. The van der Waals surface area contributed by atoms with Crippen molar-refractivity contribution >= 4 is 22.0 Å². The van der Waals surface area contributed by atoms with Gasteiger partial charge in [0.2, 0.25) is 5.79 Å². The lowest BCUT2D eigenvalue weighted by atomic mass is 9.60. The molecule has 3 heteroatoms. The molecule has 0 aromatic heterocycles. The van der Waals surface area contributed by atoms with E-state index in [2.05, 4.69) is 56.6 Å². The van der Waals surface area contributed by atoms with E-state index in [1.807, 2.05) is 13.8 Å². The Morgan fingerprint density at radius 2 is 1.64 bits per heavy atom. The highest BCUT2D eigenvalue weighted by Gasteiger charge is 2.52. The minimum atomic E-state index is -0.607. The average molecular weight is 405 g/mol. The molecule has 2 aliphatic carbocycles. The van der Waals surface area contributed by atoms with Crippen LogP contribution < -0.4 is 9.47 Å². The van der Waals surface area contributed by atoms with Gasteiger partial charge in [0.25, 0.3) is 0 Å². The van der Waals surface area contributed by atoms with Crippen LogP contribution in [0.5, 0.6) is 11.5 Å². The smallest absolute Gasteiger partial charge is 0.246 e. The van der Waals surface area contributed by atoms with Gasteiger partial charge in [0.05, 0.1) is 0 Å². The molecule has 1 atom stereocenters. The summed E-state index contributed by atoms with van der Waals surface area (Å²) in [5.41, 5.74) is 5.71. The Hall–Kier alpha value is -0.960. The maximum absolute atomic E-state index is 6.39. The first-order valence-electron chi connectivity index (χ1n) is 9.48. The minimum Gasteiger partial charge on any atom is -0.449 e. The summed E-state index contributed by atoms with van der Waals surface area (Å²) in [5.74, 6) is 1.69. The molecule has 1 aromatic rings. The molecule has 1 fully saturated rings. The van der Waals surface area contributed by atoms with Gasteiger partial charge in [0.15, 0.2) is 11.5 Å². The van der Waals surface area contributed by atoms with Crippen molar-refractivity contribution in [2.75, 3.05) is 0 Å². The largest absolute Gasteiger partial charge is 0.449 e. The van der Waals surface area contributed by atoms with Crippen molar-refractivity contribution in [2.24, 2.45) is 5.41 Å². The summed E-state index contributed by atoms with van der Waals surface area (Å²) < 4.78 is 13.9. The third-order valence-electron chi connectivity index (χ3n) is 6.34. The maximum Gasteiger partial charge on any atom is 0.246 e. The first kappa shape index (κ1) is 17.5. The average Bonchev–Trinajstić information content (AvgIpc) is 2.93. The van der Waals surface area contributed by atoms with E-state index < -0.39 is 5.79 Å². The molecule has 0 N–H and O–H groups in total. The second kappa shape index (κ2) is 5.06. The van der Waals surface area contributed by atoms with Gasteiger partial charge in [-0.25, -0.2) is 0 Å². The Kier molecular flexibility index (Phi) is 3.53. The summed E-state index contributed by atoms with van der Waals surface area (Å²) in [6, 6.07) is 0. The Balaban J connectivity index is 2.05. The lowest BCUT2D eigenvalue weighted by molar-refractivity contribution is -0.0442. The van der Waals surface area contributed by atoms with Crippen molar-refractivity contribution < 1.29 is 9.47 Å². The molecular formula is C22H29BrO2. The van der Waals surface area contributed by atoms with E-state index in [4.69, 9.17) is 9.47 Å². The molecule has 0 spiro atoms. The Morgan fingerprint density at radius 1 is 1.00 bits per heavy atom. The van der Waals surface area contributed by atoms with Crippen LogP contribution in [0.25, 0.3) is 6.08 Å². The summed E-state index contributed by atoms with van der Waals surface area (Å²) in [4.78, 5) is 0. The van der Waals surface area contributed by atoms with Crippen LogP contribution >= 0.6 is 15.9 Å². The molecule has 1 aliphatic heterocycles. The first-order chi connectivity index (χ1) is 11.5.